The molecule has 0 aliphatic carbocycles. The predicted molar refractivity (Wildman–Crippen MR) is 82.6 cm³/mol. The summed E-state index contributed by atoms with van der Waals surface area (Å²) in [6, 6.07) is 3.79. The highest BCUT2D eigenvalue weighted by Crippen LogP contribution is 2.25. The van der Waals surface area contributed by atoms with Crippen molar-refractivity contribution in [1.82, 2.24) is 10.6 Å². The number of benzene rings is 1. The zero-order valence-corrected chi connectivity index (χ0v) is 12.8. The molecule has 108 valence electrons. The van der Waals surface area contributed by atoms with E-state index in [-0.39, 0.29) is 12.8 Å². The molecule has 0 spiro atoms. The number of nitrogens with zero attached hydrogens (tertiary/aromatic N) is 1. The van der Waals surface area contributed by atoms with E-state index in [1.165, 1.54) is 5.56 Å². The minimum atomic E-state index is -0.291. The number of hydrogen-bond acceptors (Lipinski definition) is 4. The smallest absolute Gasteiger partial charge is 0.323 e. The van der Waals surface area contributed by atoms with Gasteiger partial charge in [0, 0.05) is 5.75 Å². The van der Waals surface area contributed by atoms with Crippen LogP contribution < -0.4 is 15.4 Å². The van der Waals surface area contributed by atoms with Crippen LogP contribution in [0.4, 0.5) is 4.79 Å². The number of thioether (sulfide) groups is 1. The van der Waals surface area contributed by atoms with Crippen LogP contribution in [-0.2, 0) is 0 Å². The second-order valence-electron chi connectivity index (χ2n) is 4.61. The minimum absolute atomic E-state index is 0.134. The van der Waals surface area contributed by atoms with Crippen LogP contribution in [0.25, 0.3) is 0 Å². The molecular weight excluding hydrogens is 274 g/mol. The normalized spacial score (nSPS) is 13.8. The van der Waals surface area contributed by atoms with Gasteiger partial charge in [-0.15, -0.1) is 0 Å². The molecule has 0 bridgehead atoms. The molecule has 2 rings (SSSR count). The van der Waals surface area contributed by atoms with Crippen molar-refractivity contribution < 1.29 is 9.53 Å². The van der Waals surface area contributed by atoms with Gasteiger partial charge in [0.1, 0.15) is 5.75 Å². The Morgan fingerprint density at radius 2 is 2.10 bits per heavy atom. The molecule has 0 fully saturated rings. The topological polar surface area (TPSA) is 62.7 Å². The summed E-state index contributed by atoms with van der Waals surface area (Å²) in [4.78, 5) is 15.8. The fourth-order valence-corrected chi connectivity index (χ4v) is 2.60. The minimum Gasteiger partial charge on any atom is -0.473 e. The molecule has 2 amide bonds. The van der Waals surface area contributed by atoms with Gasteiger partial charge in [-0.05, 0) is 37.5 Å². The Morgan fingerprint density at radius 3 is 2.80 bits per heavy atom. The lowest BCUT2D eigenvalue weighted by molar-refractivity contribution is 0.227. The first-order valence-corrected chi connectivity index (χ1v) is 7.48. The van der Waals surface area contributed by atoms with Crippen LogP contribution in [0.5, 0.6) is 5.75 Å². The van der Waals surface area contributed by atoms with Crippen LogP contribution in [-0.4, -0.2) is 30.2 Å². The van der Waals surface area contributed by atoms with Crippen molar-refractivity contribution in [2.24, 2.45) is 4.99 Å². The third-order valence-corrected chi connectivity index (χ3v) is 4.02. The molecule has 0 saturated heterocycles. The van der Waals surface area contributed by atoms with E-state index in [1.54, 1.807) is 11.8 Å². The van der Waals surface area contributed by atoms with Crippen molar-refractivity contribution in [3.05, 3.63) is 28.8 Å². The summed E-state index contributed by atoms with van der Waals surface area (Å²) >= 11 is 1.54. The van der Waals surface area contributed by atoms with E-state index in [9.17, 15) is 4.79 Å². The Bertz CT molecular complexity index is 543. The van der Waals surface area contributed by atoms with Crippen molar-refractivity contribution in [3.63, 3.8) is 0 Å². The lowest BCUT2D eigenvalue weighted by atomic mass is 10.1. The van der Waals surface area contributed by atoms with Gasteiger partial charge in [0.25, 0.3) is 0 Å². The maximum absolute atomic E-state index is 11.6. The summed E-state index contributed by atoms with van der Waals surface area (Å²) in [7, 11) is 0. The number of nitrogens with one attached hydrogen (secondary N) is 2. The van der Waals surface area contributed by atoms with Crippen LogP contribution in [0.2, 0.25) is 0 Å². The SMILES string of the molecule is Cc1ccc(C)c(OCNC(=O)NC2=NCCS2)c1C. The van der Waals surface area contributed by atoms with Crippen molar-refractivity contribution in [2.45, 2.75) is 20.8 Å². The highest BCUT2D eigenvalue weighted by Gasteiger charge is 2.11. The first-order chi connectivity index (χ1) is 9.58. The molecule has 0 unspecified atom stereocenters. The molecule has 0 saturated carbocycles. The predicted octanol–water partition coefficient (Wildman–Crippen LogP) is 2.35. The van der Waals surface area contributed by atoms with Crippen molar-refractivity contribution in [3.8, 4) is 5.75 Å². The molecule has 0 radical (unpaired) electrons. The van der Waals surface area contributed by atoms with Crippen LogP contribution in [0.15, 0.2) is 17.1 Å². The number of aliphatic imine (C=N–C) groups is 1. The summed E-state index contributed by atoms with van der Waals surface area (Å²) in [6.07, 6.45) is 0. The van der Waals surface area contributed by atoms with Crippen LogP contribution in [0.3, 0.4) is 0 Å². The number of hydrogen-bond donors (Lipinski definition) is 2. The van der Waals surface area contributed by atoms with Gasteiger partial charge >= 0.3 is 6.03 Å². The first kappa shape index (κ1) is 14.7. The number of rotatable bonds is 3. The lowest BCUT2D eigenvalue weighted by Crippen LogP contribution is -2.39. The third kappa shape index (κ3) is 3.66. The molecular formula is C14H19N3O2S. The summed E-state index contributed by atoms with van der Waals surface area (Å²) in [6.45, 7) is 6.94. The Morgan fingerprint density at radius 1 is 1.35 bits per heavy atom. The number of amidine groups is 1. The van der Waals surface area contributed by atoms with E-state index in [4.69, 9.17) is 4.74 Å². The van der Waals surface area contributed by atoms with Gasteiger partial charge in [0.2, 0.25) is 0 Å². The number of amides is 2. The average Bonchev–Trinajstić information content (AvgIpc) is 2.91. The second-order valence-corrected chi connectivity index (χ2v) is 5.69. The van der Waals surface area contributed by atoms with E-state index in [0.717, 1.165) is 29.2 Å². The molecule has 0 atom stereocenters. The van der Waals surface area contributed by atoms with Crippen molar-refractivity contribution in [1.29, 1.82) is 0 Å². The van der Waals surface area contributed by atoms with Gasteiger partial charge in [-0.1, -0.05) is 23.9 Å². The van der Waals surface area contributed by atoms with Crippen molar-refractivity contribution in [2.75, 3.05) is 19.0 Å². The third-order valence-electron chi connectivity index (χ3n) is 3.13. The summed E-state index contributed by atoms with van der Waals surface area (Å²) in [5.74, 6) is 1.76. The Balaban J connectivity index is 1.84. The molecule has 1 aromatic carbocycles. The largest absolute Gasteiger partial charge is 0.473 e. The van der Waals surface area contributed by atoms with Gasteiger partial charge < -0.3 is 10.1 Å². The molecule has 6 heteroatoms. The number of aryl methyl sites for hydroxylation is 2. The van der Waals surface area contributed by atoms with Crippen molar-refractivity contribution >= 4 is 23.0 Å². The number of carbonyl (C=O) groups is 1. The first-order valence-electron chi connectivity index (χ1n) is 6.49. The molecule has 1 aliphatic rings. The fraction of sp³-hybridized carbons (Fsp3) is 0.429. The van der Waals surface area contributed by atoms with Gasteiger partial charge in [-0.25, -0.2) is 4.79 Å². The summed E-state index contributed by atoms with van der Waals surface area (Å²) in [5, 5.41) is 6.03. The summed E-state index contributed by atoms with van der Waals surface area (Å²) in [5.41, 5.74) is 3.33. The standard InChI is InChI=1S/C14H19N3O2S/c1-9-4-5-10(2)12(11(9)3)19-8-16-13(18)17-14-15-6-7-20-14/h4-5H,6-8H2,1-3H3,(H2,15,16,17,18). The van der Waals surface area contributed by atoms with Crippen LogP contribution in [0.1, 0.15) is 16.7 Å². The highest BCUT2D eigenvalue weighted by atomic mass is 32.2. The van der Waals surface area contributed by atoms with E-state index < -0.39 is 0 Å². The average molecular weight is 293 g/mol. The van der Waals surface area contributed by atoms with Crippen LogP contribution in [0, 0.1) is 20.8 Å². The van der Waals surface area contributed by atoms with E-state index in [2.05, 4.69) is 21.7 Å². The highest BCUT2D eigenvalue weighted by molar-refractivity contribution is 8.14. The lowest BCUT2D eigenvalue weighted by Gasteiger charge is -2.14. The second kappa shape index (κ2) is 6.65. The van der Waals surface area contributed by atoms with Crippen LogP contribution >= 0.6 is 11.8 Å². The Kier molecular flexibility index (Phi) is 4.89. The van der Waals surface area contributed by atoms with Gasteiger partial charge in [0.15, 0.2) is 11.9 Å². The molecule has 5 nitrogen and oxygen atoms in total. The zero-order valence-electron chi connectivity index (χ0n) is 11.9. The number of carbonyl (C=O) groups excluding carboxylic acids is 1. The zero-order chi connectivity index (χ0) is 14.5. The van der Waals surface area contributed by atoms with E-state index in [0.29, 0.717) is 5.17 Å². The molecule has 20 heavy (non-hydrogen) atoms. The fourth-order valence-electron chi connectivity index (χ4n) is 1.87. The molecule has 1 aromatic rings. The molecule has 0 aromatic heterocycles. The summed E-state index contributed by atoms with van der Waals surface area (Å²) < 4.78 is 5.66. The van der Waals surface area contributed by atoms with E-state index >= 15 is 0 Å². The maximum Gasteiger partial charge on any atom is 0.323 e. The molecule has 2 N–H and O–H groups in total. The van der Waals surface area contributed by atoms with Gasteiger partial charge in [-0.3, -0.25) is 10.3 Å². The Hall–Kier alpha value is -1.69. The maximum atomic E-state index is 11.6. The van der Waals surface area contributed by atoms with Gasteiger partial charge in [0.05, 0.1) is 6.54 Å². The quantitative estimate of drug-likeness (QED) is 0.841. The Labute approximate surface area is 123 Å². The monoisotopic (exact) mass is 293 g/mol. The molecule has 1 heterocycles. The molecule has 1 aliphatic heterocycles. The van der Waals surface area contributed by atoms with E-state index in [1.807, 2.05) is 26.8 Å². The number of urea groups is 1. The van der Waals surface area contributed by atoms with Gasteiger partial charge in [-0.2, -0.15) is 0 Å². The number of ether oxygens (including phenoxy) is 1.